The molecule has 5 heteroatoms. The van der Waals surface area contributed by atoms with Crippen molar-refractivity contribution in [3.63, 3.8) is 0 Å². The SMILES string of the molecule is COc1ccc(NC(=O)c2ccc(Cc3c(C)cc(C)cc3C)o2)cn1. The van der Waals surface area contributed by atoms with Crippen molar-refractivity contribution in [2.75, 3.05) is 12.4 Å². The van der Waals surface area contributed by atoms with Crippen molar-refractivity contribution in [1.82, 2.24) is 4.98 Å². The Morgan fingerprint density at radius 2 is 1.85 bits per heavy atom. The number of anilines is 1. The van der Waals surface area contributed by atoms with Crippen LogP contribution in [0.15, 0.2) is 47.0 Å². The Bertz CT molecular complexity index is 904. The molecule has 1 amide bonds. The zero-order valence-electron chi connectivity index (χ0n) is 15.4. The number of amides is 1. The first-order chi connectivity index (χ1) is 12.5. The fourth-order valence-corrected chi connectivity index (χ4v) is 3.03. The largest absolute Gasteiger partial charge is 0.481 e. The van der Waals surface area contributed by atoms with Gasteiger partial charge in [-0.2, -0.15) is 0 Å². The number of carbonyl (C=O) groups is 1. The van der Waals surface area contributed by atoms with Crippen LogP contribution in [0.4, 0.5) is 5.69 Å². The lowest BCUT2D eigenvalue weighted by atomic mass is 9.97. The summed E-state index contributed by atoms with van der Waals surface area (Å²) in [7, 11) is 1.54. The van der Waals surface area contributed by atoms with E-state index in [1.54, 1.807) is 31.5 Å². The van der Waals surface area contributed by atoms with Gasteiger partial charge in [0.15, 0.2) is 5.76 Å². The van der Waals surface area contributed by atoms with E-state index in [2.05, 4.69) is 43.2 Å². The molecule has 26 heavy (non-hydrogen) atoms. The second-order valence-corrected chi connectivity index (χ2v) is 6.36. The van der Waals surface area contributed by atoms with Gasteiger partial charge in [0.1, 0.15) is 5.76 Å². The van der Waals surface area contributed by atoms with E-state index in [4.69, 9.17) is 9.15 Å². The monoisotopic (exact) mass is 350 g/mol. The molecule has 0 saturated carbocycles. The van der Waals surface area contributed by atoms with Gasteiger partial charge in [0.2, 0.25) is 5.88 Å². The fourth-order valence-electron chi connectivity index (χ4n) is 3.03. The van der Waals surface area contributed by atoms with E-state index in [1.165, 1.54) is 22.3 Å². The number of carbonyl (C=O) groups excluding carboxylic acids is 1. The predicted octanol–water partition coefficient (Wildman–Crippen LogP) is 4.45. The number of pyridine rings is 1. The van der Waals surface area contributed by atoms with Crippen LogP contribution in [0.5, 0.6) is 5.88 Å². The summed E-state index contributed by atoms with van der Waals surface area (Å²) in [5.74, 6) is 1.23. The van der Waals surface area contributed by atoms with Crippen molar-refractivity contribution in [3.05, 3.63) is 76.4 Å². The number of hydrogen-bond acceptors (Lipinski definition) is 4. The maximum absolute atomic E-state index is 12.3. The Hall–Kier alpha value is -3.08. The molecule has 0 aliphatic heterocycles. The van der Waals surface area contributed by atoms with Crippen LogP contribution in [0, 0.1) is 20.8 Å². The number of hydrogen-bond donors (Lipinski definition) is 1. The smallest absolute Gasteiger partial charge is 0.291 e. The summed E-state index contributed by atoms with van der Waals surface area (Å²) < 4.78 is 10.8. The molecule has 1 aromatic carbocycles. The number of nitrogens with zero attached hydrogens (tertiary/aromatic N) is 1. The lowest BCUT2D eigenvalue weighted by Gasteiger charge is -2.10. The first kappa shape index (κ1) is 17.7. The quantitative estimate of drug-likeness (QED) is 0.738. The molecule has 1 N–H and O–H groups in total. The average Bonchev–Trinajstić information content (AvgIpc) is 3.07. The van der Waals surface area contributed by atoms with E-state index in [1.807, 2.05) is 6.07 Å². The zero-order valence-corrected chi connectivity index (χ0v) is 15.4. The Morgan fingerprint density at radius 3 is 2.46 bits per heavy atom. The van der Waals surface area contributed by atoms with Gasteiger partial charge in [0.25, 0.3) is 5.91 Å². The van der Waals surface area contributed by atoms with E-state index < -0.39 is 0 Å². The molecule has 0 fully saturated rings. The molecule has 134 valence electrons. The molecule has 0 unspecified atom stereocenters. The minimum Gasteiger partial charge on any atom is -0.481 e. The number of ether oxygens (including phenoxy) is 1. The van der Waals surface area contributed by atoms with Crippen molar-refractivity contribution in [3.8, 4) is 5.88 Å². The minimum absolute atomic E-state index is 0.276. The molecule has 3 aromatic rings. The van der Waals surface area contributed by atoms with Crippen molar-refractivity contribution in [2.24, 2.45) is 0 Å². The van der Waals surface area contributed by atoms with Gasteiger partial charge in [-0.05, 0) is 55.7 Å². The third-order valence-electron chi connectivity index (χ3n) is 4.28. The van der Waals surface area contributed by atoms with Gasteiger partial charge in [0.05, 0.1) is 19.0 Å². The number of rotatable bonds is 5. The normalized spacial score (nSPS) is 10.6. The van der Waals surface area contributed by atoms with Crippen LogP contribution in [0.2, 0.25) is 0 Å². The van der Waals surface area contributed by atoms with E-state index in [-0.39, 0.29) is 11.7 Å². The maximum Gasteiger partial charge on any atom is 0.291 e. The minimum atomic E-state index is -0.305. The number of methoxy groups -OCH3 is 1. The van der Waals surface area contributed by atoms with Crippen LogP contribution < -0.4 is 10.1 Å². The van der Waals surface area contributed by atoms with Crippen molar-refractivity contribution >= 4 is 11.6 Å². The van der Waals surface area contributed by atoms with E-state index in [0.29, 0.717) is 18.0 Å². The van der Waals surface area contributed by atoms with Crippen molar-refractivity contribution in [2.45, 2.75) is 27.2 Å². The Balaban J connectivity index is 1.72. The maximum atomic E-state index is 12.3. The van der Waals surface area contributed by atoms with Gasteiger partial charge in [0, 0.05) is 12.5 Å². The van der Waals surface area contributed by atoms with E-state index >= 15 is 0 Å². The fraction of sp³-hybridized carbons (Fsp3) is 0.238. The van der Waals surface area contributed by atoms with Crippen LogP contribution in [-0.4, -0.2) is 18.0 Å². The summed E-state index contributed by atoms with van der Waals surface area (Å²) in [6.45, 7) is 6.29. The molecule has 0 spiro atoms. The first-order valence-corrected chi connectivity index (χ1v) is 8.43. The number of benzene rings is 1. The van der Waals surface area contributed by atoms with E-state index in [9.17, 15) is 4.79 Å². The summed E-state index contributed by atoms with van der Waals surface area (Å²) in [4.78, 5) is 16.4. The lowest BCUT2D eigenvalue weighted by Crippen LogP contribution is -2.11. The topological polar surface area (TPSA) is 64.4 Å². The van der Waals surface area contributed by atoms with Crippen molar-refractivity contribution < 1.29 is 13.9 Å². The van der Waals surface area contributed by atoms with Gasteiger partial charge in [-0.15, -0.1) is 0 Å². The van der Waals surface area contributed by atoms with Gasteiger partial charge in [-0.25, -0.2) is 4.98 Å². The van der Waals surface area contributed by atoms with Crippen LogP contribution in [0.3, 0.4) is 0 Å². The molecule has 3 rings (SSSR count). The molecule has 2 heterocycles. The highest BCUT2D eigenvalue weighted by Gasteiger charge is 2.14. The highest BCUT2D eigenvalue weighted by atomic mass is 16.5. The number of nitrogens with one attached hydrogen (secondary N) is 1. The Kier molecular flexibility index (Phi) is 5.07. The standard InChI is InChI=1S/C21H22N2O3/c1-13-9-14(2)18(15(3)10-13)11-17-6-7-19(26-17)21(24)23-16-5-8-20(25-4)22-12-16/h5-10,12H,11H2,1-4H3,(H,23,24). The Morgan fingerprint density at radius 1 is 1.12 bits per heavy atom. The second kappa shape index (κ2) is 7.44. The molecule has 0 atom stereocenters. The third-order valence-corrected chi connectivity index (χ3v) is 4.28. The Labute approximate surface area is 153 Å². The molecule has 0 aliphatic rings. The molecular formula is C21H22N2O3. The summed E-state index contributed by atoms with van der Waals surface area (Å²) >= 11 is 0. The third kappa shape index (κ3) is 3.94. The molecule has 0 bridgehead atoms. The number of aryl methyl sites for hydroxylation is 3. The van der Waals surface area contributed by atoms with Gasteiger partial charge < -0.3 is 14.5 Å². The van der Waals surface area contributed by atoms with Crippen LogP contribution >= 0.6 is 0 Å². The van der Waals surface area contributed by atoms with Crippen LogP contribution in [0.1, 0.15) is 38.6 Å². The summed E-state index contributed by atoms with van der Waals surface area (Å²) in [6, 6.07) is 11.3. The molecule has 2 aromatic heterocycles. The van der Waals surface area contributed by atoms with Crippen molar-refractivity contribution in [1.29, 1.82) is 0 Å². The van der Waals surface area contributed by atoms with Crippen LogP contribution in [0.25, 0.3) is 0 Å². The summed E-state index contributed by atoms with van der Waals surface area (Å²) in [6.07, 6.45) is 2.20. The summed E-state index contributed by atoms with van der Waals surface area (Å²) in [5, 5.41) is 2.77. The average molecular weight is 350 g/mol. The predicted molar refractivity (Wildman–Crippen MR) is 101 cm³/mol. The van der Waals surface area contributed by atoms with Gasteiger partial charge in [-0.1, -0.05) is 17.7 Å². The van der Waals surface area contributed by atoms with Crippen LogP contribution in [-0.2, 0) is 6.42 Å². The van der Waals surface area contributed by atoms with Gasteiger partial charge in [-0.3, -0.25) is 4.79 Å². The van der Waals surface area contributed by atoms with Gasteiger partial charge >= 0.3 is 0 Å². The number of aromatic nitrogens is 1. The zero-order chi connectivity index (χ0) is 18.7. The lowest BCUT2D eigenvalue weighted by molar-refractivity contribution is 0.0995. The van der Waals surface area contributed by atoms with E-state index in [0.717, 1.165) is 5.76 Å². The molecule has 0 aliphatic carbocycles. The molecule has 5 nitrogen and oxygen atoms in total. The second-order valence-electron chi connectivity index (χ2n) is 6.36. The number of furan rings is 1. The highest BCUT2D eigenvalue weighted by molar-refractivity contribution is 6.02. The summed E-state index contributed by atoms with van der Waals surface area (Å²) in [5.41, 5.74) is 5.52. The molecule has 0 saturated heterocycles. The molecule has 0 radical (unpaired) electrons. The first-order valence-electron chi connectivity index (χ1n) is 8.43. The highest BCUT2D eigenvalue weighted by Crippen LogP contribution is 2.22. The molecular weight excluding hydrogens is 328 g/mol.